The second kappa shape index (κ2) is 6.78. The van der Waals surface area contributed by atoms with Crippen LogP contribution in [-0.2, 0) is 4.79 Å². The second-order valence-electron chi connectivity index (χ2n) is 4.36. The molecule has 2 rings (SSSR count). The van der Waals surface area contributed by atoms with E-state index in [1.807, 2.05) is 6.07 Å². The maximum absolute atomic E-state index is 13.8. The maximum Gasteiger partial charge on any atom is 0.238 e. The Kier molecular flexibility index (Phi) is 5.03. The molecule has 0 bridgehead atoms. The smallest absolute Gasteiger partial charge is 0.238 e. The van der Waals surface area contributed by atoms with Gasteiger partial charge in [-0.3, -0.25) is 4.79 Å². The average molecular weight is 367 g/mol. The van der Waals surface area contributed by atoms with Gasteiger partial charge >= 0.3 is 0 Å². The number of hydrogen-bond acceptors (Lipinski definition) is 2. The molecule has 21 heavy (non-hydrogen) atoms. The monoisotopic (exact) mass is 366 g/mol. The third-order valence-corrected chi connectivity index (χ3v) is 3.60. The topological polar surface area (TPSA) is 55.1 Å². The Morgan fingerprint density at radius 1 is 1.24 bits per heavy atom. The Morgan fingerprint density at radius 2 is 1.90 bits per heavy atom. The minimum atomic E-state index is -0.802. The molecule has 0 aliphatic carbocycles. The molecule has 108 valence electrons. The van der Waals surface area contributed by atoms with Crippen LogP contribution in [0.5, 0.6) is 0 Å². The first kappa shape index (κ1) is 15.6. The van der Waals surface area contributed by atoms with Gasteiger partial charge in [-0.1, -0.05) is 58.5 Å². The summed E-state index contributed by atoms with van der Waals surface area (Å²) >= 11 is 8.12. The lowest BCUT2D eigenvalue weighted by Gasteiger charge is -2.16. The van der Waals surface area contributed by atoms with Crippen molar-refractivity contribution in [1.82, 2.24) is 0 Å². The van der Waals surface area contributed by atoms with Crippen molar-refractivity contribution in [3.63, 3.8) is 0 Å². The largest absolute Gasteiger partial charge is 0.392 e. The molecular weight excluding hydrogens is 355 g/mol. The summed E-state index contributed by atoms with van der Waals surface area (Å²) in [6.45, 7) is 0. The minimum absolute atomic E-state index is 0.0382. The lowest BCUT2D eigenvalue weighted by Crippen LogP contribution is -2.31. The van der Waals surface area contributed by atoms with Gasteiger partial charge in [-0.2, -0.15) is 0 Å². The number of amides is 1. The maximum atomic E-state index is 13.8. The molecule has 6 heteroatoms. The van der Waals surface area contributed by atoms with Gasteiger partial charge in [0, 0.05) is 4.47 Å². The molecule has 3 N–H and O–H groups in total. The molecule has 0 fully saturated rings. The van der Waals surface area contributed by atoms with E-state index in [4.69, 9.17) is 18.0 Å². The summed E-state index contributed by atoms with van der Waals surface area (Å²) in [7, 11) is 0. The molecule has 2 aromatic rings. The quantitative estimate of drug-likeness (QED) is 0.812. The first-order valence-electron chi connectivity index (χ1n) is 6.09. The van der Waals surface area contributed by atoms with Gasteiger partial charge in [0.1, 0.15) is 11.7 Å². The van der Waals surface area contributed by atoms with Crippen LogP contribution in [0.4, 0.5) is 10.1 Å². The highest BCUT2D eigenvalue weighted by Crippen LogP contribution is 2.22. The van der Waals surface area contributed by atoms with Gasteiger partial charge in [0.05, 0.1) is 10.7 Å². The lowest BCUT2D eigenvalue weighted by atomic mass is 9.98. The third-order valence-electron chi connectivity index (χ3n) is 2.87. The van der Waals surface area contributed by atoms with Crippen molar-refractivity contribution in [2.24, 2.45) is 5.73 Å². The van der Waals surface area contributed by atoms with Crippen LogP contribution in [-0.4, -0.2) is 10.9 Å². The summed E-state index contributed by atoms with van der Waals surface area (Å²) in [6.07, 6.45) is 0. The Bertz CT molecular complexity index is 679. The van der Waals surface area contributed by atoms with Gasteiger partial charge in [-0.15, -0.1) is 0 Å². The lowest BCUT2D eigenvalue weighted by molar-refractivity contribution is -0.116. The van der Waals surface area contributed by atoms with Crippen molar-refractivity contribution >= 4 is 44.7 Å². The van der Waals surface area contributed by atoms with E-state index in [0.717, 1.165) is 0 Å². The Morgan fingerprint density at radius 3 is 2.48 bits per heavy atom. The van der Waals surface area contributed by atoms with Crippen LogP contribution in [0.15, 0.2) is 53.0 Å². The van der Waals surface area contributed by atoms with Crippen LogP contribution >= 0.6 is 28.1 Å². The molecule has 0 saturated heterocycles. The SMILES string of the molecule is NC(=S)C(C(=O)Nc1ccc(Br)cc1F)c1ccccc1. The Balaban J connectivity index is 2.26. The fraction of sp³-hybridized carbons (Fsp3) is 0.0667. The highest BCUT2D eigenvalue weighted by Gasteiger charge is 2.24. The number of anilines is 1. The average Bonchev–Trinajstić information content (AvgIpc) is 2.43. The summed E-state index contributed by atoms with van der Waals surface area (Å²) in [6, 6.07) is 13.3. The normalized spacial score (nSPS) is 11.7. The van der Waals surface area contributed by atoms with Gasteiger partial charge in [0.2, 0.25) is 5.91 Å². The van der Waals surface area contributed by atoms with Crippen LogP contribution in [0.1, 0.15) is 11.5 Å². The van der Waals surface area contributed by atoms with Gasteiger partial charge in [-0.05, 0) is 23.8 Å². The van der Waals surface area contributed by atoms with Crippen LogP contribution < -0.4 is 11.1 Å². The molecule has 1 unspecified atom stereocenters. The number of carbonyl (C=O) groups excluding carboxylic acids is 1. The van der Waals surface area contributed by atoms with Gasteiger partial charge in [0.25, 0.3) is 0 Å². The van der Waals surface area contributed by atoms with E-state index in [1.165, 1.54) is 12.1 Å². The zero-order valence-electron chi connectivity index (χ0n) is 10.8. The van der Waals surface area contributed by atoms with Crippen LogP contribution in [0, 0.1) is 5.82 Å². The number of halogens is 2. The summed E-state index contributed by atoms with van der Waals surface area (Å²) in [5, 5.41) is 2.52. The van der Waals surface area contributed by atoms with Gasteiger partial charge in [0.15, 0.2) is 0 Å². The number of thiocarbonyl (C=S) groups is 1. The molecule has 0 saturated carbocycles. The van der Waals surface area contributed by atoms with E-state index in [-0.39, 0.29) is 10.7 Å². The summed E-state index contributed by atoms with van der Waals surface area (Å²) in [4.78, 5) is 12.4. The number of nitrogens with two attached hydrogens (primary N) is 1. The highest BCUT2D eigenvalue weighted by molar-refractivity contribution is 9.10. The van der Waals surface area contributed by atoms with Crippen molar-refractivity contribution in [1.29, 1.82) is 0 Å². The van der Waals surface area contributed by atoms with E-state index in [2.05, 4.69) is 21.2 Å². The number of rotatable bonds is 4. The van der Waals surface area contributed by atoms with Gasteiger partial charge in [-0.25, -0.2) is 4.39 Å². The molecule has 0 aliphatic heterocycles. The fourth-order valence-corrected chi connectivity index (χ4v) is 2.46. The van der Waals surface area contributed by atoms with E-state index in [9.17, 15) is 9.18 Å². The van der Waals surface area contributed by atoms with E-state index < -0.39 is 17.6 Å². The predicted molar refractivity (Wildman–Crippen MR) is 88.7 cm³/mol. The van der Waals surface area contributed by atoms with E-state index in [0.29, 0.717) is 10.0 Å². The molecule has 1 atom stereocenters. The van der Waals surface area contributed by atoms with Crippen LogP contribution in [0.3, 0.4) is 0 Å². The molecule has 1 amide bonds. The molecular formula is C15H12BrFN2OS. The van der Waals surface area contributed by atoms with Gasteiger partial charge < -0.3 is 11.1 Å². The van der Waals surface area contributed by atoms with Crippen molar-refractivity contribution in [2.45, 2.75) is 5.92 Å². The Hall–Kier alpha value is -1.79. The molecule has 0 aromatic heterocycles. The summed E-state index contributed by atoms with van der Waals surface area (Å²) in [5.41, 5.74) is 6.41. The predicted octanol–water partition coefficient (Wildman–Crippen LogP) is 3.60. The van der Waals surface area contributed by atoms with Crippen molar-refractivity contribution in [3.05, 3.63) is 64.4 Å². The summed E-state index contributed by atoms with van der Waals surface area (Å²) in [5.74, 6) is -1.80. The van der Waals surface area contributed by atoms with E-state index in [1.54, 1.807) is 30.3 Å². The molecule has 2 aromatic carbocycles. The molecule has 0 radical (unpaired) electrons. The second-order valence-corrected chi connectivity index (χ2v) is 5.75. The molecule has 0 spiro atoms. The van der Waals surface area contributed by atoms with Crippen molar-refractivity contribution in [2.75, 3.05) is 5.32 Å². The number of carbonyl (C=O) groups is 1. The zero-order valence-corrected chi connectivity index (χ0v) is 13.2. The standard InChI is InChI=1S/C15H12BrFN2OS/c16-10-6-7-12(11(17)8-10)19-15(20)13(14(18)21)9-4-2-1-3-5-9/h1-8,13H,(H2,18,21)(H,19,20). The number of benzene rings is 2. The first-order valence-corrected chi connectivity index (χ1v) is 7.29. The van der Waals surface area contributed by atoms with Crippen molar-refractivity contribution < 1.29 is 9.18 Å². The summed E-state index contributed by atoms with van der Waals surface area (Å²) < 4.78 is 14.4. The fourth-order valence-electron chi connectivity index (χ4n) is 1.89. The van der Waals surface area contributed by atoms with Crippen molar-refractivity contribution in [3.8, 4) is 0 Å². The number of nitrogens with one attached hydrogen (secondary N) is 1. The minimum Gasteiger partial charge on any atom is -0.392 e. The number of hydrogen-bond donors (Lipinski definition) is 2. The molecule has 0 heterocycles. The molecule has 0 aliphatic rings. The van der Waals surface area contributed by atoms with E-state index >= 15 is 0 Å². The zero-order chi connectivity index (χ0) is 15.4. The molecule has 3 nitrogen and oxygen atoms in total. The first-order chi connectivity index (χ1) is 9.99. The van der Waals surface area contributed by atoms with Crippen LogP contribution in [0.2, 0.25) is 0 Å². The highest BCUT2D eigenvalue weighted by atomic mass is 79.9. The third kappa shape index (κ3) is 3.86. The Labute approximate surface area is 135 Å². The van der Waals surface area contributed by atoms with Crippen LogP contribution in [0.25, 0.3) is 0 Å².